The van der Waals surface area contributed by atoms with Crippen molar-refractivity contribution in [2.45, 2.75) is 32.7 Å². The number of ether oxygens (including phenoxy) is 1. The third-order valence-corrected chi connectivity index (χ3v) is 3.15. The lowest BCUT2D eigenvalue weighted by molar-refractivity contribution is -0.0499. The van der Waals surface area contributed by atoms with E-state index in [0.717, 1.165) is 12.1 Å². The number of rotatable bonds is 8. The van der Waals surface area contributed by atoms with E-state index in [1.807, 2.05) is 17.8 Å². The Kier molecular flexibility index (Phi) is 5.85. The molecule has 0 saturated carbocycles. The van der Waals surface area contributed by atoms with E-state index in [0.29, 0.717) is 18.7 Å². The summed E-state index contributed by atoms with van der Waals surface area (Å²) in [7, 11) is 0. The molecule has 2 rings (SSSR count). The molecule has 0 aliphatic heterocycles. The zero-order chi connectivity index (χ0) is 15.9. The van der Waals surface area contributed by atoms with Crippen LogP contribution in [0.2, 0.25) is 0 Å². The second-order valence-electron chi connectivity index (χ2n) is 4.80. The summed E-state index contributed by atoms with van der Waals surface area (Å²) in [6.45, 7) is 0.808. The number of nitrogens with zero attached hydrogens (tertiary/aromatic N) is 2. The highest BCUT2D eigenvalue weighted by Gasteiger charge is 2.10. The number of hydrogen-bond acceptors (Lipinski definition) is 4. The molecule has 1 aromatic heterocycles. The van der Waals surface area contributed by atoms with Crippen LogP contribution in [0, 0.1) is 0 Å². The fourth-order valence-corrected chi connectivity index (χ4v) is 2.04. The third kappa shape index (κ3) is 4.78. The van der Waals surface area contributed by atoms with Gasteiger partial charge in [-0.15, -0.1) is 0 Å². The number of aromatic nitrogens is 2. The van der Waals surface area contributed by atoms with Crippen molar-refractivity contribution in [1.82, 2.24) is 15.1 Å². The number of halogens is 2. The van der Waals surface area contributed by atoms with Crippen molar-refractivity contribution in [3.63, 3.8) is 0 Å². The maximum atomic E-state index is 12.2. The Morgan fingerprint density at radius 1 is 1.41 bits per heavy atom. The van der Waals surface area contributed by atoms with Crippen LogP contribution in [0.15, 0.2) is 36.7 Å². The topological polar surface area (TPSA) is 59.3 Å². The number of aliphatic hydroxyl groups excluding tert-OH is 1. The molecule has 0 saturated heterocycles. The van der Waals surface area contributed by atoms with Gasteiger partial charge in [-0.25, -0.2) is 0 Å². The molecule has 0 radical (unpaired) electrons. The Morgan fingerprint density at radius 2 is 2.23 bits per heavy atom. The summed E-state index contributed by atoms with van der Waals surface area (Å²) >= 11 is 0. The van der Waals surface area contributed by atoms with Crippen LogP contribution in [0.5, 0.6) is 5.75 Å². The summed E-state index contributed by atoms with van der Waals surface area (Å²) in [5.41, 5.74) is 1.54. The van der Waals surface area contributed by atoms with E-state index in [4.69, 9.17) is 0 Å². The van der Waals surface area contributed by atoms with Gasteiger partial charge in [0.25, 0.3) is 0 Å². The molecule has 1 unspecified atom stereocenters. The van der Waals surface area contributed by atoms with E-state index < -0.39 is 12.7 Å². The van der Waals surface area contributed by atoms with Crippen molar-refractivity contribution in [2.24, 2.45) is 0 Å². The van der Waals surface area contributed by atoms with Crippen molar-refractivity contribution < 1.29 is 18.6 Å². The van der Waals surface area contributed by atoms with Gasteiger partial charge in [-0.05, 0) is 24.6 Å². The summed E-state index contributed by atoms with van der Waals surface area (Å²) in [6.07, 6.45) is 2.89. The second kappa shape index (κ2) is 7.86. The molecule has 2 N–H and O–H groups in total. The Bertz CT molecular complexity index is 590. The van der Waals surface area contributed by atoms with Crippen molar-refractivity contribution in [3.05, 3.63) is 47.8 Å². The van der Waals surface area contributed by atoms with Crippen LogP contribution in [0.3, 0.4) is 0 Å². The van der Waals surface area contributed by atoms with Gasteiger partial charge in [0, 0.05) is 31.4 Å². The van der Waals surface area contributed by atoms with Crippen LogP contribution in [-0.2, 0) is 13.1 Å². The van der Waals surface area contributed by atoms with Gasteiger partial charge in [-0.1, -0.05) is 12.1 Å². The van der Waals surface area contributed by atoms with Gasteiger partial charge in [0.15, 0.2) is 0 Å². The first-order valence-corrected chi connectivity index (χ1v) is 7.03. The largest absolute Gasteiger partial charge is 0.435 e. The average Bonchev–Trinajstić information content (AvgIpc) is 2.94. The summed E-state index contributed by atoms with van der Waals surface area (Å²) in [6, 6.07) is 6.07. The molecule has 120 valence electrons. The molecule has 0 aliphatic rings. The van der Waals surface area contributed by atoms with Gasteiger partial charge in [0.1, 0.15) is 5.75 Å². The van der Waals surface area contributed by atoms with Gasteiger partial charge >= 0.3 is 6.61 Å². The van der Waals surface area contributed by atoms with Crippen molar-refractivity contribution in [3.8, 4) is 5.75 Å². The molecule has 0 aliphatic carbocycles. The smallest absolute Gasteiger partial charge is 0.387 e. The summed E-state index contributed by atoms with van der Waals surface area (Å²) in [5, 5.41) is 17.3. The Morgan fingerprint density at radius 3 is 2.91 bits per heavy atom. The lowest BCUT2D eigenvalue weighted by atomic mass is 10.1. The summed E-state index contributed by atoms with van der Waals surface area (Å²) in [5.74, 6) is 0.0378. The molecule has 1 aromatic carbocycles. The molecule has 22 heavy (non-hydrogen) atoms. The summed E-state index contributed by atoms with van der Waals surface area (Å²) in [4.78, 5) is 0. The quantitative estimate of drug-likeness (QED) is 0.785. The van der Waals surface area contributed by atoms with Gasteiger partial charge < -0.3 is 15.2 Å². The number of aryl methyl sites for hydroxylation is 1. The minimum Gasteiger partial charge on any atom is -0.435 e. The van der Waals surface area contributed by atoms with Crippen LogP contribution in [-0.4, -0.2) is 28.0 Å². The molecular weight excluding hydrogens is 292 g/mol. The maximum Gasteiger partial charge on any atom is 0.387 e. The minimum atomic E-state index is -2.87. The SMILES string of the molecule is CCn1cc(CNCC(O)c2cccc(OC(F)F)c2)cn1. The van der Waals surface area contributed by atoms with E-state index in [1.165, 1.54) is 12.1 Å². The molecular formula is C15H19F2N3O2. The predicted octanol–water partition coefficient (Wildman–Crippen LogP) is 2.33. The number of benzene rings is 1. The Labute approximate surface area is 127 Å². The minimum absolute atomic E-state index is 0.0378. The molecule has 1 atom stereocenters. The van der Waals surface area contributed by atoms with E-state index in [-0.39, 0.29) is 5.75 Å². The fourth-order valence-electron chi connectivity index (χ4n) is 2.04. The monoisotopic (exact) mass is 311 g/mol. The molecule has 2 aromatic rings. The molecule has 0 amide bonds. The first-order valence-electron chi connectivity index (χ1n) is 7.03. The highest BCUT2D eigenvalue weighted by Crippen LogP contribution is 2.20. The van der Waals surface area contributed by atoms with Crippen molar-refractivity contribution >= 4 is 0 Å². The second-order valence-corrected chi connectivity index (χ2v) is 4.80. The lowest BCUT2D eigenvalue weighted by Crippen LogP contribution is -2.21. The van der Waals surface area contributed by atoms with Crippen LogP contribution in [0.4, 0.5) is 8.78 Å². The summed E-state index contributed by atoms with van der Waals surface area (Å²) < 4.78 is 30.5. The van der Waals surface area contributed by atoms with E-state index >= 15 is 0 Å². The molecule has 7 heteroatoms. The predicted molar refractivity (Wildman–Crippen MR) is 77.6 cm³/mol. The van der Waals surface area contributed by atoms with Crippen molar-refractivity contribution in [1.29, 1.82) is 0 Å². The van der Waals surface area contributed by atoms with Crippen LogP contribution >= 0.6 is 0 Å². The van der Waals surface area contributed by atoms with Gasteiger partial charge in [-0.2, -0.15) is 13.9 Å². The maximum absolute atomic E-state index is 12.2. The fraction of sp³-hybridized carbons (Fsp3) is 0.400. The molecule has 0 spiro atoms. The van der Waals surface area contributed by atoms with Crippen LogP contribution < -0.4 is 10.1 Å². The molecule has 5 nitrogen and oxygen atoms in total. The average molecular weight is 311 g/mol. The third-order valence-electron chi connectivity index (χ3n) is 3.15. The Balaban J connectivity index is 1.85. The highest BCUT2D eigenvalue weighted by molar-refractivity contribution is 5.30. The van der Waals surface area contributed by atoms with Gasteiger partial charge in [0.05, 0.1) is 12.3 Å². The zero-order valence-corrected chi connectivity index (χ0v) is 12.2. The van der Waals surface area contributed by atoms with Crippen LogP contribution in [0.1, 0.15) is 24.2 Å². The number of alkyl halides is 2. The lowest BCUT2D eigenvalue weighted by Gasteiger charge is -2.13. The number of aliphatic hydroxyl groups is 1. The zero-order valence-electron chi connectivity index (χ0n) is 12.2. The molecule has 1 heterocycles. The van der Waals surface area contributed by atoms with E-state index in [1.54, 1.807) is 18.3 Å². The van der Waals surface area contributed by atoms with E-state index in [9.17, 15) is 13.9 Å². The number of hydrogen-bond donors (Lipinski definition) is 2. The molecule has 0 bridgehead atoms. The first-order chi connectivity index (χ1) is 10.6. The highest BCUT2D eigenvalue weighted by atomic mass is 19.3. The van der Waals surface area contributed by atoms with Crippen LogP contribution in [0.25, 0.3) is 0 Å². The number of nitrogens with one attached hydrogen (secondary N) is 1. The normalized spacial score (nSPS) is 12.6. The van der Waals surface area contributed by atoms with E-state index in [2.05, 4.69) is 15.2 Å². The Hall–Kier alpha value is -1.99. The molecule has 0 fully saturated rings. The first kappa shape index (κ1) is 16.4. The van der Waals surface area contributed by atoms with Gasteiger partial charge in [-0.3, -0.25) is 4.68 Å². The van der Waals surface area contributed by atoms with Gasteiger partial charge in [0.2, 0.25) is 0 Å². The van der Waals surface area contributed by atoms with Crippen molar-refractivity contribution in [2.75, 3.05) is 6.54 Å². The standard InChI is InChI=1S/C15H19F2N3O2/c1-2-20-10-11(8-19-20)7-18-9-14(21)12-4-3-5-13(6-12)22-15(16)17/h3-6,8,10,14-15,18,21H,2,7,9H2,1H3.